The van der Waals surface area contributed by atoms with Crippen molar-refractivity contribution in [1.29, 1.82) is 0 Å². The Morgan fingerprint density at radius 2 is 1.62 bits per heavy atom. The minimum Gasteiger partial charge on any atom is -0.423 e. The number of halogens is 1. The van der Waals surface area contributed by atoms with Gasteiger partial charge in [0.15, 0.2) is 11.3 Å². The zero-order valence-corrected chi connectivity index (χ0v) is 14.6. The van der Waals surface area contributed by atoms with Crippen LogP contribution in [-0.2, 0) is 9.59 Å². The normalized spacial score (nSPS) is 10.6. The number of ether oxygens (including phenoxy) is 2. The number of rotatable bonds is 3. The highest BCUT2D eigenvalue weighted by atomic mass is 35.5. The van der Waals surface area contributed by atoms with Crippen molar-refractivity contribution in [3.8, 4) is 22.6 Å². The minimum absolute atomic E-state index is 0.0115. The number of benzene rings is 2. The molecule has 7 heteroatoms. The third-order valence-electron chi connectivity index (χ3n) is 3.48. The number of esters is 2. The van der Waals surface area contributed by atoms with E-state index in [1.165, 1.54) is 19.9 Å². The molecule has 0 radical (unpaired) electrons. The van der Waals surface area contributed by atoms with E-state index in [9.17, 15) is 14.4 Å². The van der Waals surface area contributed by atoms with Crippen LogP contribution in [0.25, 0.3) is 22.1 Å². The Bertz CT molecular complexity index is 1070. The molecule has 0 aliphatic rings. The van der Waals surface area contributed by atoms with Gasteiger partial charge in [0, 0.05) is 24.3 Å². The third-order valence-corrected chi connectivity index (χ3v) is 3.73. The van der Waals surface area contributed by atoms with E-state index in [-0.39, 0.29) is 17.1 Å². The molecular formula is C19H13ClO6. The van der Waals surface area contributed by atoms with Crippen LogP contribution in [0, 0.1) is 0 Å². The Hall–Kier alpha value is -3.12. The van der Waals surface area contributed by atoms with Crippen LogP contribution in [0.4, 0.5) is 0 Å². The highest BCUT2D eigenvalue weighted by Crippen LogP contribution is 2.36. The van der Waals surface area contributed by atoms with E-state index >= 15 is 0 Å². The van der Waals surface area contributed by atoms with Crippen LogP contribution >= 0.6 is 11.6 Å². The van der Waals surface area contributed by atoms with Crippen LogP contribution in [0.5, 0.6) is 11.5 Å². The molecule has 26 heavy (non-hydrogen) atoms. The lowest BCUT2D eigenvalue weighted by Gasteiger charge is -2.11. The van der Waals surface area contributed by atoms with E-state index in [0.717, 1.165) is 0 Å². The van der Waals surface area contributed by atoms with Crippen LogP contribution in [0.3, 0.4) is 0 Å². The van der Waals surface area contributed by atoms with Crippen molar-refractivity contribution < 1.29 is 23.5 Å². The van der Waals surface area contributed by atoms with Gasteiger partial charge in [0.25, 0.3) is 0 Å². The van der Waals surface area contributed by atoms with Gasteiger partial charge in [-0.3, -0.25) is 9.59 Å². The Morgan fingerprint density at radius 1 is 0.962 bits per heavy atom. The molecule has 132 valence electrons. The van der Waals surface area contributed by atoms with Crippen molar-refractivity contribution in [2.24, 2.45) is 0 Å². The Balaban J connectivity index is 2.22. The number of hydrogen-bond donors (Lipinski definition) is 0. The van der Waals surface area contributed by atoms with Gasteiger partial charge >= 0.3 is 17.6 Å². The van der Waals surface area contributed by atoms with Crippen molar-refractivity contribution in [3.05, 3.63) is 57.9 Å². The van der Waals surface area contributed by atoms with Gasteiger partial charge < -0.3 is 13.9 Å². The lowest BCUT2D eigenvalue weighted by molar-refractivity contribution is -0.134. The lowest BCUT2D eigenvalue weighted by Crippen LogP contribution is -2.09. The van der Waals surface area contributed by atoms with Crippen LogP contribution in [0.2, 0.25) is 5.02 Å². The molecule has 3 rings (SSSR count). The fourth-order valence-corrected chi connectivity index (χ4v) is 2.57. The summed E-state index contributed by atoms with van der Waals surface area (Å²) in [7, 11) is 0. The predicted octanol–water partition coefficient (Wildman–Crippen LogP) is 3.96. The average Bonchev–Trinajstić information content (AvgIpc) is 2.57. The van der Waals surface area contributed by atoms with Crippen molar-refractivity contribution in [2.75, 3.05) is 0 Å². The quantitative estimate of drug-likeness (QED) is 0.393. The molecule has 0 saturated carbocycles. The topological polar surface area (TPSA) is 82.8 Å². The fraction of sp³-hybridized carbons (Fsp3) is 0.105. The van der Waals surface area contributed by atoms with Crippen molar-refractivity contribution in [1.82, 2.24) is 0 Å². The highest BCUT2D eigenvalue weighted by Gasteiger charge is 2.19. The summed E-state index contributed by atoms with van der Waals surface area (Å²) in [6.07, 6.45) is 0. The number of fused-ring (bicyclic) bond motifs is 1. The fourth-order valence-electron chi connectivity index (χ4n) is 2.45. The largest absolute Gasteiger partial charge is 0.423 e. The molecule has 1 aromatic heterocycles. The molecule has 0 spiro atoms. The maximum Gasteiger partial charge on any atom is 0.344 e. The van der Waals surface area contributed by atoms with Crippen LogP contribution in [0.1, 0.15) is 13.8 Å². The SMILES string of the molecule is CC(=O)Oc1ccc2cc(-c3ccc(Cl)cc3)c(=O)oc2c1OC(C)=O. The summed E-state index contributed by atoms with van der Waals surface area (Å²) < 4.78 is 15.5. The molecule has 3 aromatic rings. The number of carbonyl (C=O) groups excluding carboxylic acids is 2. The van der Waals surface area contributed by atoms with Crippen molar-refractivity contribution in [3.63, 3.8) is 0 Å². The molecule has 0 amide bonds. The molecule has 0 aliphatic heterocycles. The Morgan fingerprint density at radius 3 is 2.23 bits per heavy atom. The molecule has 1 heterocycles. The smallest absolute Gasteiger partial charge is 0.344 e. The van der Waals surface area contributed by atoms with E-state index in [1.54, 1.807) is 36.4 Å². The first-order valence-electron chi connectivity index (χ1n) is 7.59. The molecule has 0 unspecified atom stereocenters. The zero-order chi connectivity index (χ0) is 18.8. The Labute approximate surface area is 152 Å². The monoisotopic (exact) mass is 372 g/mol. The van der Waals surface area contributed by atoms with E-state index in [4.69, 9.17) is 25.5 Å². The maximum atomic E-state index is 12.4. The van der Waals surface area contributed by atoms with E-state index < -0.39 is 17.6 Å². The summed E-state index contributed by atoms with van der Waals surface area (Å²) in [6, 6.07) is 11.4. The van der Waals surface area contributed by atoms with Gasteiger partial charge in [-0.25, -0.2) is 4.79 Å². The zero-order valence-electron chi connectivity index (χ0n) is 13.9. The van der Waals surface area contributed by atoms with Gasteiger partial charge in [-0.15, -0.1) is 0 Å². The molecule has 0 aliphatic carbocycles. The van der Waals surface area contributed by atoms with E-state index in [1.807, 2.05) is 0 Å². The van der Waals surface area contributed by atoms with Crippen molar-refractivity contribution in [2.45, 2.75) is 13.8 Å². The second-order valence-electron chi connectivity index (χ2n) is 5.45. The molecule has 0 fully saturated rings. The third kappa shape index (κ3) is 3.60. The van der Waals surface area contributed by atoms with Gasteiger partial charge in [-0.05, 0) is 35.9 Å². The first-order chi connectivity index (χ1) is 12.3. The summed E-state index contributed by atoms with van der Waals surface area (Å²) >= 11 is 5.87. The van der Waals surface area contributed by atoms with Crippen LogP contribution < -0.4 is 15.1 Å². The molecule has 0 atom stereocenters. The van der Waals surface area contributed by atoms with E-state index in [2.05, 4.69) is 0 Å². The van der Waals surface area contributed by atoms with Gasteiger partial charge in [0.2, 0.25) is 5.75 Å². The summed E-state index contributed by atoms with van der Waals surface area (Å²) in [4.78, 5) is 35.1. The number of carbonyl (C=O) groups is 2. The van der Waals surface area contributed by atoms with Gasteiger partial charge in [-0.1, -0.05) is 23.7 Å². The second kappa shape index (κ2) is 7.01. The number of hydrogen-bond acceptors (Lipinski definition) is 6. The van der Waals surface area contributed by atoms with Gasteiger partial charge in [0.05, 0.1) is 5.56 Å². The molecule has 0 saturated heterocycles. The van der Waals surface area contributed by atoms with Gasteiger partial charge in [-0.2, -0.15) is 0 Å². The summed E-state index contributed by atoms with van der Waals surface area (Å²) in [5, 5.41) is 1.05. The molecule has 0 N–H and O–H groups in total. The molecule has 6 nitrogen and oxygen atoms in total. The van der Waals surface area contributed by atoms with Gasteiger partial charge in [0.1, 0.15) is 0 Å². The first kappa shape index (κ1) is 17.7. The summed E-state index contributed by atoms with van der Waals surface area (Å²) in [6.45, 7) is 2.40. The first-order valence-corrected chi connectivity index (χ1v) is 7.96. The van der Waals surface area contributed by atoms with Crippen LogP contribution in [-0.4, -0.2) is 11.9 Å². The molecule has 0 bridgehead atoms. The summed E-state index contributed by atoms with van der Waals surface area (Å²) in [5.74, 6) is -1.37. The predicted molar refractivity (Wildman–Crippen MR) is 95.5 cm³/mol. The summed E-state index contributed by atoms with van der Waals surface area (Å²) in [5.41, 5.74) is 0.334. The van der Waals surface area contributed by atoms with Crippen molar-refractivity contribution >= 4 is 34.5 Å². The average molecular weight is 373 g/mol. The van der Waals surface area contributed by atoms with E-state index in [0.29, 0.717) is 21.5 Å². The Kier molecular flexibility index (Phi) is 4.77. The maximum absolute atomic E-state index is 12.4. The molecular weight excluding hydrogens is 360 g/mol. The molecule has 2 aromatic carbocycles. The van der Waals surface area contributed by atoms with Crippen LogP contribution in [0.15, 0.2) is 51.7 Å². The minimum atomic E-state index is -0.643. The lowest BCUT2D eigenvalue weighted by atomic mass is 10.1. The highest BCUT2D eigenvalue weighted by molar-refractivity contribution is 6.30. The standard InChI is InChI=1S/C19H13ClO6/c1-10(21)24-16-8-5-13-9-15(12-3-6-14(20)7-4-12)19(23)26-17(13)18(16)25-11(2)22/h3-9H,1-2H3. The second-order valence-corrected chi connectivity index (χ2v) is 5.89.